The van der Waals surface area contributed by atoms with Gasteiger partial charge in [-0.1, -0.05) is 19.8 Å². The molecule has 1 aliphatic carbocycles. The summed E-state index contributed by atoms with van der Waals surface area (Å²) in [5.74, 6) is 0.735. The van der Waals surface area contributed by atoms with Crippen molar-refractivity contribution >= 4 is 0 Å². The molecule has 0 aliphatic heterocycles. The Morgan fingerprint density at radius 1 is 1.46 bits per heavy atom. The Hall–Kier alpha value is -0.0800. The molecule has 0 aromatic carbocycles. The monoisotopic (exact) mass is 185 g/mol. The van der Waals surface area contributed by atoms with Crippen LogP contribution in [0, 0.1) is 5.92 Å². The molecule has 1 unspecified atom stereocenters. The second kappa shape index (κ2) is 5.61. The molecule has 2 nitrogen and oxygen atoms in total. The summed E-state index contributed by atoms with van der Waals surface area (Å²) in [4.78, 5) is 0. The molecule has 1 rings (SSSR count). The van der Waals surface area contributed by atoms with Gasteiger partial charge in [-0.15, -0.1) is 0 Å². The Labute approximate surface area is 81.7 Å². The smallest absolute Gasteiger partial charge is 0.0546 e. The Balaban J connectivity index is 1.92. The van der Waals surface area contributed by atoms with Crippen LogP contribution in [0.1, 0.15) is 46.0 Å². The van der Waals surface area contributed by atoms with Gasteiger partial charge < -0.3 is 10.4 Å². The van der Waals surface area contributed by atoms with Crippen LogP contribution >= 0.6 is 0 Å². The van der Waals surface area contributed by atoms with E-state index in [1.807, 2.05) is 0 Å². The molecular formula is C11H23NO. The summed E-state index contributed by atoms with van der Waals surface area (Å²) < 4.78 is 0. The molecule has 1 atom stereocenters. The largest absolute Gasteiger partial charge is 0.393 e. The molecule has 13 heavy (non-hydrogen) atoms. The lowest BCUT2D eigenvalue weighted by Gasteiger charge is -2.32. The fourth-order valence-electron chi connectivity index (χ4n) is 1.85. The van der Waals surface area contributed by atoms with Crippen molar-refractivity contribution in [3.05, 3.63) is 0 Å². The Kier molecular flexibility index (Phi) is 4.74. The first-order valence-corrected chi connectivity index (χ1v) is 5.63. The summed E-state index contributed by atoms with van der Waals surface area (Å²) in [5.41, 5.74) is 0. The average molecular weight is 185 g/mol. The Morgan fingerprint density at radius 2 is 2.15 bits per heavy atom. The zero-order valence-electron chi connectivity index (χ0n) is 8.92. The van der Waals surface area contributed by atoms with Crippen molar-refractivity contribution in [3.63, 3.8) is 0 Å². The normalized spacial score (nSPS) is 29.8. The van der Waals surface area contributed by atoms with E-state index in [1.54, 1.807) is 0 Å². The van der Waals surface area contributed by atoms with Gasteiger partial charge in [0.25, 0.3) is 0 Å². The predicted octanol–water partition coefficient (Wildman–Crippen LogP) is 1.93. The van der Waals surface area contributed by atoms with Gasteiger partial charge in [0.2, 0.25) is 0 Å². The minimum Gasteiger partial charge on any atom is -0.393 e. The second-order valence-corrected chi connectivity index (χ2v) is 4.44. The summed E-state index contributed by atoms with van der Waals surface area (Å²) in [7, 11) is 0. The van der Waals surface area contributed by atoms with E-state index in [-0.39, 0.29) is 6.10 Å². The fraction of sp³-hybridized carbons (Fsp3) is 1.00. The first-order chi connectivity index (χ1) is 6.22. The van der Waals surface area contributed by atoms with Gasteiger partial charge in [-0.25, -0.2) is 0 Å². The predicted molar refractivity (Wildman–Crippen MR) is 55.7 cm³/mol. The number of hydrogen-bond donors (Lipinski definition) is 2. The van der Waals surface area contributed by atoms with Crippen LogP contribution in [0.4, 0.5) is 0 Å². The molecular weight excluding hydrogens is 162 g/mol. The van der Waals surface area contributed by atoms with Crippen molar-refractivity contribution < 1.29 is 5.11 Å². The summed E-state index contributed by atoms with van der Waals surface area (Å²) >= 11 is 0. The third-order valence-electron chi connectivity index (χ3n) is 2.96. The van der Waals surface area contributed by atoms with Gasteiger partial charge in [-0.2, -0.15) is 0 Å². The molecule has 0 amide bonds. The van der Waals surface area contributed by atoms with Crippen LogP contribution in [0.3, 0.4) is 0 Å². The molecule has 0 radical (unpaired) electrons. The van der Waals surface area contributed by atoms with Crippen molar-refractivity contribution in [1.29, 1.82) is 0 Å². The minimum absolute atomic E-state index is 0.00209. The highest BCUT2D eigenvalue weighted by molar-refractivity contribution is 4.80. The quantitative estimate of drug-likeness (QED) is 0.662. The summed E-state index contributed by atoms with van der Waals surface area (Å²) in [6, 6.07) is 0.651. The number of aliphatic hydroxyl groups is 1. The van der Waals surface area contributed by atoms with Crippen LogP contribution in [0.15, 0.2) is 0 Å². The van der Waals surface area contributed by atoms with Crippen LogP contribution in [-0.2, 0) is 0 Å². The molecule has 1 fully saturated rings. The van der Waals surface area contributed by atoms with Gasteiger partial charge in [0.1, 0.15) is 0 Å². The lowest BCUT2D eigenvalue weighted by Crippen LogP contribution is -2.39. The first kappa shape index (κ1) is 11.0. The molecule has 2 heteroatoms. The molecule has 0 saturated heterocycles. The molecule has 0 aromatic heterocycles. The van der Waals surface area contributed by atoms with E-state index >= 15 is 0 Å². The second-order valence-electron chi connectivity index (χ2n) is 4.44. The van der Waals surface area contributed by atoms with Crippen LogP contribution in [-0.4, -0.2) is 23.8 Å². The van der Waals surface area contributed by atoms with Crippen LogP contribution in [0.5, 0.6) is 0 Å². The van der Waals surface area contributed by atoms with Gasteiger partial charge in [0.05, 0.1) is 6.10 Å². The van der Waals surface area contributed by atoms with E-state index < -0.39 is 0 Å². The summed E-state index contributed by atoms with van der Waals surface area (Å²) in [5, 5.41) is 12.6. The molecule has 78 valence electrons. The van der Waals surface area contributed by atoms with Crippen LogP contribution in [0.25, 0.3) is 0 Å². The van der Waals surface area contributed by atoms with E-state index in [2.05, 4.69) is 19.2 Å². The lowest BCUT2D eigenvalue weighted by molar-refractivity contribution is 0.0419. The minimum atomic E-state index is -0.00209. The standard InChI is InChI=1S/C11H23NO/c1-3-4-5-9(2)12-8-10-6-11(13)7-10/h9-13H,3-8H2,1-2H3. The Bertz CT molecular complexity index is 132. The topological polar surface area (TPSA) is 32.3 Å². The van der Waals surface area contributed by atoms with Crippen molar-refractivity contribution in [1.82, 2.24) is 5.32 Å². The van der Waals surface area contributed by atoms with Crippen molar-refractivity contribution in [3.8, 4) is 0 Å². The zero-order chi connectivity index (χ0) is 9.68. The van der Waals surface area contributed by atoms with E-state index in [1.165, 1.54) is 19.3 Å². The van der Waals surface area contributed by atoms with Gasteiger partial charge in [0, 0.05) is 6.04 Å². The van der Waals surface area contributed by atoms with E-state index in [4.69, 9.17) is 5.11 Å². The molecule has 1 aliphatic rings. The van der Waals surface area contributed by atoms with Crippen LogP contribution < -0.4 is 5.32 Å². The van der Waals surface area contributed by atoms with Gasteiger partial charge >= 0.3 is 0 Å². The van der Waals surface area contributed by atoms with Gasteiger partial charge in [0.15, 0.2) is 0 Å². The molecule has 0 spiro atoms. The van der Waals surface area contributed by atoms with Crippen molar-refractivity contribution in [2.45, 2.75) is 58.1 Å². The average Bonchev–Trinajstić information content (AvgIpc) is 2.07. The summed E-state index contributed by atoms with van der Waals surface area (Å²) in [6.45, 7) is 5.59. The highest BCUT2D eigenvalue weighted by Crippen LogP contribution is 2.26. The molecule has 2 N–H and O–H groups in total. The third kappa shape index (κ3) is 4.10. The number of nitrogens with one attached hydrogen (secondary N) is 1. The van der Waals surface area contributed by atoms with Crippen molar-refractivity contribution in [2.24, 2.45) is 5.92 Å². The lowest BCUT2D eigenvalue weighted by atomic mass is 9.82. The number of unbranched alkanes of at least 4 members (excludes halogenated alkanes) is 1. The van der Waals surface area contributed by atoms with Crippen molar-refractivity contribution in [2.75, 3.05) is 6.54 Å². The highest BCUT2D eigenvalue weighted by Gasteiger charge is 2.26. The van der Waals surface area contributed by atoms with E-state index in [9.17, 15) is 0 Å². The number of hydrogen-bond acceptors (Lipinski definition) is 2. The maximum Gasteiger partial charge on any atom is 0.0546 e. The molecule has 0 aromatic rings. The van der Waals surface area contributed by atoms with Crippen LogP contribution in [0.2, 0.25) is 0 Å². The van der Waals surface area contributed by atoms with Gasteiger partial charge in [-0.3, -0.25) is 0 Å². The Morgan fingerprint density at radius 3 is 2.69 bits per heavy atom. The highest BCUT2D eigenvalue weighted by atomic mass is 16.3. The fourth-order valence-corrected chi connectivity index (χ4v) is 1.85. The van der Waals surface area contributed by atoms with E-state index in [0.717, 1.165) is 25.3 Å². The molecule has 1 saturated carbocycles. The first-order valence-electron chi connectivity index (χ1n) is 5.63. The number of rotatable bonds is 6. The molecule has 0 bridgehead atoms. The van der Waals surface area contributed by atoms with E-state index in [0.29, 0.717) is 6.04 Å². The zero-order valence-corrected chi connectivity index (χ0v) is 8.92. The third-order valence-corrected chi connectivity index (χ3v) is 2.96. The number of aliphatic hydroxyl groups excluding tert-OH is 1. The SMILES string of the molecule is CCCCC(C)NCC1CC(O)C1. The maximum absolute atomic E-state index is 9.10. The maximum atomic E-state index is 9.10. The summed E-state index contributed by atoms with van der Waals surface area (Å²) in [6.07, 6.45) is 5.90. The molecule has 0 heterocycles. The van der Waals surface area contributed by atoms with Gasteiger partial charge in [-0.05, 0) is 38.6 Å².